The zero-order valence-electron chi connectivity index (χ0n) is 17.1. The highest BCUT2D eigenvalue weighted by Gasteiger charge is 2.26. The summed E-state index contributed by atoms with van der Waals surface area (Å²) in [6.45, 7) is 4.73. The van der Waals surface area contributed by atoms with Gasteiger partial charge in [-0.3, -0.25) is 4.79 Å². The van der Waals surface area contributed by atoms with Crippen LogP contribution in [0.25, 0.3) is 22.0 Å². The van der Waals surface area contributed by atoms with E-state index in [1.165, 1.54) is 11.3 Å². The van der Waals surface area contributed by atoms with E-state index in [1.807, 2.05) is 59.7 Å². The third-order valence-electron chi connectivity index (χ3n) is 5.32. The van der Waals surface area contributed by atoms with Crippen LogP contribution >= 0.6 is 22.7 Å². The summed E-state index contributed by atoms with van der Waals surface area (Å²) in [5.74, 6) is 1.69. The van der Waals surface area contributed by atoms with Crippen molar-refractivity contribution in [3.05, 3.63) is 70.0 Å². The number of rotatable bonds is 4. The maximum Gasteiger partial charge on any atom is 0.265 e. The van der Waals surface area contributed by atoms with Gasteiger partial charge in [-0.1, -0.05) is 30.3 Å². The van der Waals surface area contributed by atoms with E-state index in [2.05, 4.69) is 20.2 Å². The number of amides is 1. The highest BCUT2D eigenvalue weighted by Crippen LogP contribution is 2.30. The van der Waals surface area contributed by atoms with E-state index in [4.69, 9.17) is 4.98 Å². The smallest absolute Gasteiger partial charge is 0.265 e. The number of thiophene rings is 1. The first-order valence-electron chi connectivity index (χ1n) is 10.1. The van der Waals surface area contributed by atoms with E-state index in [9.17, 15) is 4.79 Å². The van der Waals surface area contributed by atoms with E-state index in [0.29, 0.717) is 13.1 Å². The summed E-state index contributed by atoms with van der Waals surface area (Å²) in [6, 6.07) is 14.0. The van der Waals surface area contributed by atoms with Crippen molar-refractivity contribution in [2.24, 2.45) is 0 Å². The molecule has 0 N–H and O–H groups in total. The minimum Gasteiger partial charge on any atom is -0.353 e. The number of aromatic nitrogens is 3. The van der Waals surface area contributed by atoms with E-state index < -0.39 is 0 Å². The van der Waals surface area contributed by atoms with Crippen LogP contribution in [0.4, 0.5) is 5.82 Å². The van der Waals surface area contributed by atoms with Crippen molar-refractivity contribution in [3.8, 4) is 22.0 Å². The Balaban J connectivity index is 1.27. The fourth-order valence-corrected chi connectivity index (χ4v) is 5.38. The molecule has 0 radical (unpaired) electrons. The van der Waals surface area contributed by atoms with Gasteiger partial charge in [0.1, 0.15) is 15.7 Å². The lowest BCUT2D eigenvalue weighted by atomic mass is 10.2. The molecule has 3 aromatic heterocycles. The Morgan fingerprint density at radius 1 is 0.968 bits per heavy atom. The molecule has 0 bridgehead atoms. The van der Waals surface area contributed by atoms with Gasteiger partial charge in [0.05, 0.1) is 5.69 Å². The number of thiazole rings is 1. The quantitative estimate of drug-likeness (QED) is 0.458. The van der Waals surface area contributed by atoms with Crippen molar-refractivity contribution in [3.63, 3.8) is 0 Å². The SMILES string of the molecule is Cc1nc(-c2ccsc2)sc1C(=O)N1CCN(c2ccnc(-c3ccccc3)n2)CC1. The maximum atomic E-state index is 13.1. The monoisotopic (exact) mass is 447 g/mol. The van der Waals surface area contributed by atoms with Crippen LogP contribution in [0.15, 0.2) is 59.4 Å². The molecule has 0 aliphatic carbocycles. The first-order valence-corrected chi connectivity index (χ1v) is 11.9. The molecule has 31 heavy (non-hydrogen) atoms. The van der Waals surface area contributed by atoms with Gasteiger partial charge in [0, 0.05) is 48.9 Å². The van der Waals surface area contributed by atoms with Crippen LogP contribution in [-0.4, -0.2) is 51.9 Å². The number of hydrogen-bond donors (Lipinski definition) is 0. The number of carbonyl (C=O) groups is 1. The number of carbonyl (C=O) groups excluding carboxylic acids is 1. The van der Waals surface area contributed by atoms with Crippen molar-refractivity contribution in [1.82, 2.24) is 19.9 Å². The number of anilines is 1. The third-order valence-corrected chi connectivity index (χ3v) is 7.20. The predicted octanol–water partition coefficient (Wildman–Crippen LogP) is 4.60. The zero-order valence-corrected chi connectivity index (χ0v) is 18.7. The van der Waals surface area contributed by atoms with Crippen LogP contribution in [0, 0.1) is 6.92 Å². The van der Waals surface area contributed by atoms with E-state index in [1.54, 1.807) is 17.5 Å². The molecule has 1 amide bonds. The Labute approximate surface area is 188 Å². The average molecular weight is 448 g/mol. The maximum absolute atomic E-state index is 13.1. The van der Waals surface area contributed by atoms with Crippen molar-refractivity contribution in [2.45, 2.75) is 6.92 Å². The number of aryl methyl sites for hydroxylation is 1. The van der Waals surface area contributed by atoms with Gasteiger partial charge in [0.2, 0.25) is 0 Å². The van der Waals surface area contributed by atoms with Crippen LogP contribution in [0.2, 0.25) is 0 Å². The second-order valence-corrected chi connectivity index (χ2v) is 9.11. The first-order chi connectivity index (χ1) is 15.2. The summed E-state index contributed by atoms with van der Waals surface area (Å²) >= 11 is 3.12. The fraction of sp³-hybridized carbons (Fsp3) is 0.217. The second kappa shape index (κ2) is 8.56. The van der Waals surface area contributed by atoms with Crippen LogP contribution in [0.3, 0.4) is 0 Å². The molecular weight excluding hydrogens is 426 g/mol. The Morgan fingerprint density at radius 2 is 1.77 bits per heavy atom. The van der Waals surface area contributed by atoms with Gasteiger partial charge in [-0.2, -0.15) is 11.3 Å². The second-order valence-electron chi connectivity index (χ2n) is 7.33. The molecular formula is C23H21N5OS2. The Bertz CT molecular complexity index is 1180. The normalized spacial score (nSPS) is 14.1. The Hall–Kier alpha value is -3.10. The molecule has 1 fully saturated rings. The number of nitrogens with zero attached hydrogens (tertiary/aromatic N) is 5. The Morgan fingerprint density at radius 3 is 2.52 bits per heavy atom. The molecule has 1 aliphatic heterocycles. The highest BCUT2D eigenvalue weighted by atomic mass is 32.1. The van der Waals surface area contributed by atoms with Gasteiger partial charge in [-0.05, 0) is 24.4 Å². The van der Waals surface area contributed by atoms with Crippen LogP contribution in [0.5, 0.6) is 0 Å². The summed E-state index contributed by atoms with van der Waals surface area (Å²) in [6.07, 6.45) is 1.80. The van der Waals surface area contributed by atoms with Gasteiger partial charge in [0.25, 0.3) is 5.91 Å². The molecule has 0 saturated carbocycles. The van der Waals surface area contributed by atoms with Gasteiger partial charge in [0.15, 0.2) is 5.82 Å². The Kier molecular flexibility index (Phi) is 5.48. The van der Waals surface area contributed by atoms with Gasteiger partial charge in [-0.15, -0.1) is 11.3 Å². The standard InChI is InChI=1S/C23H21N5OS2/c1-16-20(31-22(25-16)18-8-14-30-15-18)23(29)28-12-10-27(11-13-28)19-7-9-24-21(26-19)17-5-3-2-4-6-17/h2-9,14-15H,10-13H2,1H3. The largest absolute Gasteiger partial charge is 0.353 e. The molecule has 0 atom stereocenters. The van der Waals surface area contributed by atoms with Crippen molar-refractivity contribution >= 4 is 34.4 Å². The molecule has 8 heteroatoms. The zero-order chi connectivity index (χ0) is 21.2. The van der Waals surface area contributed by atoms with Crippen molar-refractivity contribution in [1.29, 1.82) is 0 Å². The van der Waals surface area contributed by atoms with E-state index in [-0.39, 0.29) is 5.91 Å². The highest BCUT2D eigenvalue weighted by molar-refractivity contribution is 7.17. The molecule has 156 valence electrons. The third kappa shape index (κ3) is 4.08. The van der Waals surface area contributed by atoms with Gasteiger partial charge in [-0.25, -0.2) is 15.0 Å². The lowest BCUT2D eigenvalue weighted by molar-refractivity contribution is 0.0750. The number of benzene rings is 1. The molecule has 4 heterocycles. The summed E-state index contributed by atoms with van der Waals surface area (Å²) in [5, 5.41) is 5.01. The predicted molar refractivity (Wildman–Crippen MR) is 126 cm³/mol. The van der Waals surface area contributed by atoms with Crippen LogP contribution in [-0.2, 0) is 0 Å². The van der Waals surface area contributed by atoms with Crippen LogP contribution < -0.4 is 4.90 Å². The molecule has 6 nitrogen and oxygen atoms in total. The molecule has 1 aliphatic rings. The van der Waals surface area contributed by atoms with E-state index in [0.717, 1.165) is 51.4 Å². The average Bonchev–Trinajstić information content (AvgIpc) is 3.49. The molecule has 5 rings (SSSR count). The fourth-order valence-electron chi connectivity index (χ4n) is 3.64. The van der Waals surface area contributed by atoms with Gasteiger partial charge >= 0.3 is 0 Å². The molecule has 0 unspecified atom stereocenters. The molecule has 1 aromatic carbocycles. The number of hydrogen-bond acceptors (Lipinski definition) is 7. The molecule has 1 saturated heterocycles. The minimum atomic E-state index is 0.0730. The van der Waals surface area contributed by atoms with Crippen LogP contribution in [0.1, 0.15) is 15.4 Å². The summed E-state index contributed by atoms with van der Waals surface area (Å²) < 4.78 is 0. The van der Waals surface area contributed by atoms with E-state index >= 15 is 0 Å². The first kappa shape index (κ1) is 19.8. The summed E-state index contributed by atoms with van der Waals surface area (Å²) in [7, 11) is 0. The summed E-state index contributed by atoms with van der Waals surface area (Å²) in [5.41, 5.74) is 2.89. The van der Waals surface area contributed by atoms with Crippen molar-refractivity contribution < 1.29 is 4.79 Å². The molecule has 4 aromatic rings. The van der Waals surface area contributed by atoms with Gasteiger partial charge < -0.3 is 9.80 Å². The topological polar surface area (TPSA) is 62.2 Å². The lowest BCUT2D eigenvalue weighted by Crippen LogP contribution is -2.49. The lowest BCUT2D eigenvalue weighted by Gasteiger charge is -2.35. The number of piperazine rings is 1. The minimum absolute atomic E-state index is 0.0730. The molecule has 0 spiro atoms. The summed E-state index contributed by atoms with van der Waals surface area (Å²) in [4.78, 5) is 31.8. The van der Waals surface area contributed by atoms with Crippen molar-refractivity contribution in [2.75, 3.05) is 31.1 Å².